The van der Waals surface area contributed by atoms with Crippen LogP contribution in [0.5, 0.6) is 5.75 Å². The van der Waals surface area contributed by atoms with Crippen molar-refractivity contribution in [2.45, 2.75) is 16.9 Å². The van der Waals surface area contributed by atoms with Gasteiger partial charge in [0, 0.05) is 16.9 Å². The van der Waals surface area contributed by atoms with Crippen LogP contribution < -0.4 is 4.74 Å². The topological polar surface area (TPSA) is 100 Å². The van der Waals surface area contributed by atoms with Gasteiger partial charge < -0.3 is 9.84 Å². The molecule has 6 nitrogen and oxygen atoms in total. The van der Waals surface area contributed by atoms with Gasteiger partial charge in [0.1, 0.15) is 16.8 Å². The number of pyridine rings is 1. The van der Waals surface area contributed by atoms with Gasteiger partial charge in [-0.25, -0.2) is 13.4 Å². The first-order valence-corrected chi connectivity index (χ1v) is 14.4. The highest BCUT2D eigenvalue weighted by molar-refractivity contribution is 7.99. The molecule has 0 saturated heterocycles. The van der Waals surface area contributed by atoms with Crippen LogP contribution >= 0.6 is 11.8 Å². The Morgan fingerprint density at radius 1 is 0.973 bits per heavy atom. The largest absolute Gasteiger partial charge is 0.497 e. The summed E-state index contributed by atoms with van der Waals surface area (Å²) in [6.07, 6.45) is -1.11. The fraction of sp³-hybridized carbons (Fsp3) is 0.172. The monoisotopic (exact) mass is 530 g/mol. The number of sulfone groups is 1. The SMILES string of the molecule is COc1ccc(-c2cc(-c3ccccc3)c(C#N)c(SC[C@H](O)CS(=O)(=O)Cc3ccccc3)n2)cc1. The molecule has 3 aromatic carbocycles. The predicted molar refractivity (Wildman–Crippen MR) is 147 cm³/mol. The Balaban J connectivity index is 1.61. The molecule has 8 heteroatoms. The Kier molecular flexibility index (Phi) is 8.62. The number of nitriles is 1. The van der Waals surface area contributed by atoms with Crippen molar-refractivity contribution in [1.82, 2.24) is 4.98 Å². The Morgan fingerprint density at radius 3 is 2.24 bits per heavy atom. The maximum Gasteiger partial charge on any atom is 0.157 e. The molecule has 0 aliphatic heterocycles. The van der Waals surface area contributed by atoms with Crippen LogP contribution in [0.25, 0.3) is 22.4 Å². The van der Waals surface area contributed by atoms with E-state index in [1.54, 1.807) is 31.4 Å². The number of aromatic nitrogens is 1. The molecule has 4 aromatic rings. The quantitative estimate of drug-likeness (QED) is 0.275. The second-order valence-electron chi connectivity index (χ2n) is 8.45. The van der Waals surface area contributed by atoms with Gasteiger partial charge in [-0.2, -0.15) is 5.26 Å². The van der Waals surface area contributed by atoms with Crippen molar-refractivity contribution in [3.8, 4) is 34.2 Å². The van der Waals surface area contributed by atoms with Crippen molar-refractivity contribution in [2.75, 3.05) is 18.6 Å². The third kappa shape index (κ3) is 6.98. The minimum atomic E-state index is -3.52. The number of methoxy groups -OCH3 is 1. The van der Waals surface area contributed by atoms with E-state index >= 15 is 0 Å². The molecule has 1 N–H and O–H groups in total. The highest BCUT2D eigenvalue weighted by atomic mass is 32.2. The van der Waals surface area contributed by atoms with Crippen molar-refractivity contribution < 1.29 is 18.3 Å². The first-order chi connectivity index (χ1) is 17.9. The van der Waals surface area contributed by atoms with E-state index in [1.807, 2.05) is 66.7 Å². The van der Waals surface area contributed by atoms with Crippen molar-refractivity contribution in [3.63, 3.8) is 0 Å². The van der Waals surface area contributed by atoms with Gasteiger partial charge in [0.05, 0.1) is 36.0 Å². The van der Waals surface area contributed by atoms with E-state index in [0.29, 0.717) is 21.8 Å². The van der Waals surface area contributed by atoms with Gasteiger partial charge in [-0.05, 0) is 41.5 Å². The number of ether oxygens (including phenoxy) is 1. The number of nitrogens with zero attached hydrogens (tertiary/aromatic N) is 2. The van der Waals surface area contributed by atoms with E-state index in [1.165, 1.54) is 11.8 Å². The molecule has 37 heavy (non-hydrogen) atoms. The average Bonchev–Trinajstić information content (AvgIpc) is 2.92. The summed E-state index contributed by atoms with van der Waals surface area (Å²) in [5.74, 6) is 0.286. The summed E-state index contributed by atoms with van der Waals surface area (Å²) in [6.45, 7) is 0. The first-order valence-electron chi connectivity index (χ1n) is 11.6. The van der Waals surface area contributed by atoms with Gasteiger partial charge in [0.25, 0.3) is 0 Å². The Labute approximate surface area is 221 Å². The molecular weight excluding hydrogens is 504 g/mol. The molecule has 4 rings (SSSR count). The van der Waals surface area contributed by atoms with Crippen LogP contribution in [-0.2, 0) is 15.6 Å². The fourth-order valence-corrected chi connectivity index (χ4v) is 6.50. The molecule has 0 amide bonds. The number of rotatable bonds is 10. The Hall–Kier alpha value is -3.64. The van der Waals surface area contributed by atoms with Gasteiger partial charge >= 0.3 is 0 Å². The lowest BCUT2D eigenvalue weighted by molar-refractivity contribution is 0.222. The second kappa shape index (κ2) is 12.1. The lowest BCUT2D eigenvalue weighted by Gasteiger charge is -2.15. The van der Waals surface area contributed by atoms with Crippen molar-refractivity contribution in [1.29, 1.82) is 5.26 Å². The second-order valence-corrected chi connectivity index (χ2v) is 11.6. The molecule has 0 bridgehead atoms. The number of aliphatic hydroxyl groups excluding tert-OH is 1. The van der Waals surface area contributed by atoms with Gasteiger partial charge in [-0.1, -0.05) is 60.7 Å². The van der Waals surface area contributed by atoms with Crippen LogP contribution in [0.15, 0.2) is 96.0 Å². The first kappa shape index (κ1) is 26.4. The Bertz CT molecular complexity index is 1490. The zero-order chi connectivity index (χ0) is 26.3. The van der Waals surface area contributed by atoms with Crippen LogP contribution in [0.2, 0.25) is 0 Å². The maximum absolute atomic E-state index is 12.6. The van der Waals surface area contributed by atoms with Gasteiger partial charge in [-0.3, -0.25) is 0 Å². The van der Waals surface area contributed by atoms with Gasteiger partial charge in [0.15, 0.2) is 9.84 Å². The normalized spacial score (nSPS) is 12.0. The zero-order valence-electron chi connectivity index (χ0n) is 20.2. The van der Waals surface area contributed by atoms with Crippen LogP contribution in [0.4, 0.5) is 0 Å². The molecule has 0 fully saturated rings. The summed E-state index contributed by atoms with van der Waals surface area (Å²) >= 11 is 1.18. The van der Waals surface area contributed by atoms with Crippen molar-refractivity contribution in [3.05, 3.63) is 102 Å². The third-order valence-electron chi connectivity index (χ3n) is 5.66. The van der Waals surface area contributed by atoms with E-state index in [4.69, 9.17) is 9.72 Å². The standard InChI is InChI=1S/C29H26N2O4S2/c1-35-25-14-12-23(13-15-25)28-16-26(22-10-6-3-7-11-22)27(17-30)29(31-28)36-18-24(32)20-37(33,34)19-21-8-4-2-5-9-21/h2-16,24,32H,18-20H2,1H3/t24-/m0/s1. The van der Waals surface area contributed by atoms with Gasteiger partial charge in [-0.15, -0.1) is 11.8 Å². The molecule has 1 heterocycles. The number of benzene rings is 3. The van der Waals surface area contributed by atoms with Crippen LogP contribution in [0, 0.1) is 11.3 Å². The van der Waals surface area contributed by atoms with Crippen LogP contribution in [0.3, 0.4) is 0 Å². The smallest absolute Gasteiger partial charge is 0.157 e. The number of thioether (sulfide) groups is 1. The van der Waals surface area contributed by atoms with Crippen molar-refractivity contribution >= 4 is 21.6 Å². The molecule has 188 valence electrons. The maximum atomic E-state index is 12.6. The molecule has 0 radical (unpaired) electrons. The molecule has 0 unspecified atom stereocenters. The minimum Gasteiger partial charge on any atom is -0.497 e. The van der Waals surface area contributed by atoms with E-state index in [2.05, 4.69) is 6.07 Å². The summed E-state index contributed by atoms with van der Waals surface area (Å²) in [5, 5.41) is 21.1. The summed E-state index contributed by atoms with van der Waals surface area (Å²) < 4.78 is 30.5. The zero-order valence-corrected chi connectivity index (χ0v) is 21.9. The summed E-state index contributed by atoms with van der Waals surface area (Å²) in [6, 6.07) is 30.0. The molecule has 0 aliphatic rings. The molecule has 1 aromatic heterocycles. The Morgan fingerprint density at radius 2 is 1.62 bits per heavy atom. The van der Waals surface area contributed by atoms with E-state index in [-0.39, 0.29) is 17.3 Å². The highest BCUT2D eigenvalue weighted by Gasteiger charge is 2.21. The van der Waals surface area contributed by atoms with Crippen molar-refractivity contribution in [2.24, 2.45) is 0 Å². The van der Waals surface area contributed by atoms with E-state index < -0.39 is 15.9 Å². The number of hydrogen-bond acceptors (Lipinski definition) is 7. The minimum absolute atomic E-state index is 0.0794. The summed E-state index contributed by atoms with van der Waals surface area (Å²) in [5.41, 5.74) is 4.15. The lowest BCUT2D eigenvalue weighted by Crippen LogP contribution is -2.24. The summed E-state index contributed by atoms with van der Waals surface area (Å²) in [7, 11) is -1.92. The van der Waals surface area contributed by atoms with E-state index in [9.17, 15) is 18.8 Å². The van der Waals surface area contributed by atoms with E-state index in [0.717, 1.165) is 22.4 Å². The third-order valence-corrected chi connectivity index (χ3v) is 8.44. The number of hydrogen-bond donors (Lipinski definition) is 1. The molecule has 0 saturated carbocycles. The lowest BCUT2D eigenvalue weighted by atomic mass is 9.99. The van der Waals surface area contributed by atoms with Crippen LogP contribution in [0.1, 0.15) is 11.1 Å². The molecule has 0 aliphatic carbocycles. The van der Waals surface area contributed by atoms with Crippen LogP contribution in [-0.4, -0.2) is 43.2 Å². The molecule has 1 atom stereocenters. The molecular formula is C29H26N2O4S2. The predicted octanol–water partition coefficient (Wildman–Crippen LogP) is 5.36. The highest BCUT2D eigenvalue weighted by Crippen LogP contribution is 2.35. The van der Waals surface area contributed by atoms with Gasteiger partial charge in [0.2, 0.25) is 0 Å². The fourth-order valence-electron chi connectivity index (χ4n) is 3.89. The molecule has 0 spiro atoms. The summed E-state index contributed by atoms with van der Waals surface area (Å²) in [4.78, 5) is 4.73. The number of aliphatic hydroxyl groups is 1. The average molecular weight is 531 g/mol.